The predicted molar refractivity (Wildman–Crippen MR) is 54.3 cm³/mol. The van der Waals surface area contributed by atoms with Gasteiger partial charge >= 0.3 is 5.95 Å². The minimum atomic E-state index is -0.518. The van der Waals surface area contributed by atoms with Crippen LogP contribution >= 0.6 is 0 Å². The van der Waals surface area contributed by atoms with E-state index < -0.39 is 4.92 Å². The summed E-state index contributed by atoms with van der Waals surface area (Å²) in [5.41, 5.74) is 0. The van der Waals surface area contributed by atoms with E-state index >= 15 is 0 Å². The number of nitrogens with zero attached hydrogens (tertiary/aromatic N) is 3. The summed E-state index contributed by atoms with van der Waals surface area (Å²) in [7, 11) is 0. The topological polar surface area (TPSA) is 70.2 Å². The molecule has 1 rings (SSSR count). The summed E-state index contributed by atoms with van der Waals surface area (Å²) in [4.78, 5) is 13.6. The lowest BCUT2D eigenvalue weighted by Gasteiger charge is -2.12. The monoisotopic (exact) mass is 213 g/mol. The third kappa shape index (κ3) is 3.02. The van der Waals surface area contributed by atoms with Crippen molar-refractivity contribution in [2.75, 3.05) is 0 Å². The Kier molecular flexibility index (Phi) is 4.23. The standard InChI is InChI=1S/C9H15N3O3/c1-3-8(4-2)15-7-11-6-5-10-9(11)12(13)14/h5-6,8H,3-4,7H2,1-2H3. The van der Waals surface area contributed by atoms with Crippen molar-refractivity contribution in [2.45, 2.75) is 39.5 Å². The molecule has 0 amide bonds. The zero-order valence-electron chi connectivity index (χ0n) is 8.92. The Morgan fingerprint density at radius 2 is 2.27 bits per heavy atom. The fourth-order valence-corrected chi connectivity index (χ4v) is 1.28. The number of imidazole rings is 1. The summed E-state index contributed by atoms with van der Waals surface area (Å²) in [6.07, 6.45) is 4.89. The summed E-state index contributed by atoms with van der Waals surface area (Å²) in [6.45, 7) is 4.23. The average molecular weight is 213 g/mol. The Labute approximate surface area is 88.0 Å². The highest BCUT2D eigenvalue weighted by atomic mass is 16.6. The molecule has 0 aliphatic carbocycles. The number of aromatic nitrogens is 2. The molecule has 0 saturated carbocycles. The Bertz CT molecular complexity index is 320. The quantitative estimate of drug-likeness (QED) is 0.535. The molecule has 0 radical (unpaired) electrons. The number of rotatable bonds is 6. The summed E-state index contributed by atoms with van der Waals surface area (Å²) in [6, 6.07) is 0. The Morgan fingerprint density at radius 3 is 2.80 bits per heavy atom. The van der Waals surface area contributed by atoms with Crippen LogP contribution in [0.2, 0.25) is 0 Å². The van der Waals surface area contributed by atoms with Crippen LogP contribution in [0.5, 0.6) is 0 Å². The Morgan fingerprint density at radius 1 is 1.60 bits per heavy atom. The van der Waals surface area contributed by atoms with Crippen molar-refractivity contribution in [2.24, 2.45) is 0 Å². The lowest BCUT2D eigenvalue weighted by atomic mass is 10.2. The van der Waals surface area contributed by atoms with Crippen LogP contribution in [0.15, 0.2) is 12.4 Å². The van der Waals surface area contributed by atoms with Crippen molar-refractivity contribution < 1.29 is 9.66 Å². The molecule has 0 bridgehead atoms. The largest absolute Gasteiger partial charge is 0.436 e. The summed E-state index contributed by atoms with van der Waals surface area (Å²) in [5, 5.41) is 10.5. The number of hydrogen-bond acceptors (Lipinski definition) is 4. The first-order chi connectivity index (χ1) is 7.19. The minimum Gasteiger partial charge on any atom is -0.390 e. The highest BCUT2D eigenvalue weighted by Crippen LogP contribution is 2.10. The van der Waals surface area contributed by atoms with E-state index in [0.717, 1.165) is 12.8 Å². The first kappa shape index (κ1) is 11.6. The maximum Gasteiger partial charge on any atom is 0.436 e. The van der Waals surface area contributed by atoms with Gasteiger partial charge in [-0.1, -0.05) is 18.8 Å². The van der Waals surface area contributed by atoms with Gasteiger partial charge in [-0.15, -0.1) is 0 Å². The molecule has 0 unspecified atom stereocenters. The molecule has 1 heterocycles. The highest BCUT2D eigenvalue weighted by Gasteiger charge is 2.14. The van der Waals surface area contributed by atoms with Crippen LogP contribution in [0.1, 0.15) is 26.7 Å². The lowest BCUT2D eigenvalue weighted by molar-refractivity contribution is -0.397. The molecule has 0 saturated heterocycles. The fourth-order valence-electron chi connectivity index (χ4n) is 1.28. The molecule has 0 atom stereocenters. The maximum atomic E-state index is 10.5. The highest BCUT2D eigenvalue weighted by molar-refractivity contribution is 5.05. The van der Waals surface area contributed by atoms with Crippen molar-refractivity contribution in [3.63, 3.8) is 0 Å². The van der Waals surface area contributed by atoms with Gasteiger partial charge in [0.25, 0.3) is 0 Å². The van der Waals surface area contributed by atoms with Crippen LogP contribution in [-0.2, 0) is 11.5 Å². The van der Waals surface area contributed by atoms with E-state index in [-0.39, 0.29) is 18.8 Å². The van der Waals surface area contributed by atoms with E-state index in [1.165, 1.54) is 10.8 Å². The molecule has 6 heteroatoms. The minimum absolute atomic E-state index is 0.145. The zero-order valence-corrected chi connectivity index (χ0v) is 8.92. The fraction of sp³-hybridized carbons (Fsp3) is 0.667. The second-order valence-electron chi connectivity index (χ2n) is 3.19. The van der Waals surface area contributed by atoms with Gasteiger partial charge in [-0.2, -0.15) is 0 Å². The molecular weight excluding hydrogens is 198 g/mol. The summed E-state index contributed by atoms with van der Waals surface area (Å²) in [5.74, 6) is -0.180. The van der Waals surface area contributed by atoms with E-state index in [4.69, 9.17) is 4.74 Å². The predicted octanol–water partition coefficient (Wildman–Crippen LogP) is 1.95. The van der Waals surface area contributed by atoms with Crippen LogP contribution < -0.4 is 0 Å². The van der Waals surface area contributed by atoms with E-state index in [9.17, 15) is 10.1 Å². The smallest absolute Gasteiger partial charge is 0.390 e. The van der Waals surface area contributed by atoms with Gasteiger partial charge in [0.2, 0.25) is 0 Å². The number of hydrogen-bond donors (Lipinski definition) is 0. The maximum absolute atomic E-state index is 10.5. The molecule has 84 valence electrons. The molecule has 0 aliphatic rings. The van der Waals surface area contributed by atoms with Crippen LogP contribution in [0.3, 0.4) is 0 Å². The van der Waals surface area contributed by atoms with Gasteiger partial charge in [-0.25, -0.2) is 4.57 Å². The van der Waals surface area contributed by atoms with Crippen LogP contribution in [0.25, 0.3) is 0 Å². The second-order valence-corrected chi connectivity index (χ2v) is 3.19. The van der Waals surface area contributed by atoms with Crippen molar-refractivity contribution in [3.05, 3.63) is 22.5 Å². The molecular formula is C9H15N3O3. The molecule has 0 aliphatic heterocycles. The van der Waals surface area contributed by atoms with Gasteiger partial charge in [-0.05, 0) is 17.8 Å². The summed E-state index contributed by atoms with van der Waals surface area (Å²) >= 11 is 0. The third-order valence-corrected chi connectivity index (χ3v) is 2.22. The average Bonchev–Trinajstić information content (AvgIpc) is 2.67. The van der Waals surface area contributed by atoms with Crippen LogP contribution in [0, 0.1) is 10.1 Å². The van der Waals surface area contributed by atoms with Crippen molar-refractivity contribution in [1.29, 1.82) is 0 Å². The van der Waals surface area contributed by atoms with Gasteiger partial charge in [0, 0.05) is 0 Å². The molecule has 0 spiro atoms. The Hall–Kier alpha value is -1.43. The Balaban J connectivity index is 2.57. The summed E-state index contributed by atoms with van der Waals surface area (Å²) < 4.78 is 6.88. The SMILES string of the molecule is CCC(CC)OCn1ccnc1[N+](=O)[O-]. The van der Waals surface area contributed by atoms with Gasteiger partial charge in [0.05, 0.1) is 6.10 Å². The molecule has 1 aromatic heterocycles. The van der Waals surface area contributed by atoms with Crippen molar-refractivity contribution in [1.82, 2.24) is 9.55 Å². The normalized spacial score (nSPS) is 10.9. The van der Waals surface area contributed by atoms with Crippen molar-refractivity contribution in [3.8, 4) is 0 Å². The third-order valence-electron chi connectivity index (χ3n) is 2.22. The first-order valence-electron chi connectivity index (χ1n) is 4.96. The van der Waals surface area contributed by atoms with Crippen LogP contribution in [0.4, 0.5) is 5.95 Å². The van der Waals surface area contributed by atoms with Gasteiger partial charge in [-0.3, -0.25) is 0 Å². The van der Waals surface area contributed by atoms with Gasteiger partial charge in [0.1, 0.15) is 12.4 Å². The molecule has 0 N–H and O–H groups in total. The second kappa shape index (κ2) is 5.45. The first-order valence-corrected chi connectivity index (χ1v) is 4.96. The van der Waals surface area contributed by atoms with E-state index in [2.05, 4.69) is 4.98 Å². The number of ether oxygens (including phenoxy) is 1. The van der Waals surface area contributed by atoms with E-state index in [1.807, 2.05) is 13.8 Å². The molecule has 6 nitrogen and oxygen atoms in total. The molecule has 15 heavy (non-hydrogen) atoms. The van der Waals surface area contributed by atoms with E-state index in [0.29, 0.717) is 0 Å². The number of nitro groups is 1. The zero-order chi connectivity index (χ0) is 11.3. The van der Waals surface area contributed by atoms with Crippen LogP contribution in [-0.4, -0.2) is 20.6 Å². The van der Waals surface area contributed by atoms with Gasteiger partial charge < -0.3 is 14.9 Å². The molecule has 0 aromatic carbocycles. The lowest BCUT2D eigenvalue weighted by Crippen LogP contribution is -2.14. The molecule has 0 fully saturated rings. The van der Waals surface area contributed by atoms with E-state index in [1.54, 1.807) is 6.20 Å². The van der Waals surface area contributed by atoms with Gasteiger partial charge in [0.15, 0.2) is 6.73 Å². The molecule has 1 aromatic rings. The van der Waals surface area contributed by atoms with Crippen molar-refractivity contribution >= 4 is 5.95 Å².